The Morgan fingerprint density at radius 1 is 0.393 bits per heavy atom. The Bertz CT molecular complexity index is 3160. The summed E-state index contributed by atoms with van der Waals surface area (Å²) in [5.74, 6) is 0.498. The Labute approximate surface area is 352 Å². The van der Waals surface area contributed by atoms with Crippen LogP contribution < -0.4 is 0 Å². The standard InChI is InChI=1S/C55H38F3N3/c1-35-20-22-37(23-21-35)46-32-43(54-59-49(39-13-5-3-6-14-39)34-50(60-54)40-15-7-4-8-16-40)33-47(38-24-27-44(28-25-38)55(56,57)58)53(46)61-51-19-10-9-18-45(51)48-31-42(26-29-52(48)61)41-17-11-12-36(2)30-41/h3-34H,1-2H3. The average Bonchev–Trinajstić information content (AvgIpc) is 3.62. The lowest BCUT2D eigenvalue weighted by Gasteiger charge is -2.21. The lowest BCUT2D eigenvalue weighted by Crippen LogP contribution is -2.05. The second kappa shape index (κ2) is 15.2. The van der Waals surface area contributed by atoms with Gasteiger partial charge in [-0.2, -0.15) is 13.2 Å². The van der Waals surface area contributed by atoms with Gasteiger partial charge in [-0.15, -0.1) is 0 Å². The molecular formula is C55H38F3N3. The Balaban J connectivity index is 1.31. The van der Waals surface area contributed by atoms with Crippen molar-refractivity contribution in [1.29, 1.82) is 0 Å². The van der Waals surface area contributed by atoms with E-state index < -0.39 is 11.7 Å². The van der Waals surface area contributed by atoms with Crippen molar-refractivity contribution in [2.45, 2.75) is 20.0 Å². The summed E-state index contributed by atoms with van der Waals surface area (Å²) in [5.41, 5.74) is 13.9. The molecule has 0 aliphatic carbocycles. The molecule has 0 unspecified atom stereocenters. The third kappa shape index (κ3) is 7.16. The van der Waals surface area contributed by atoms with Gasteiger partial charge in [-0.1, -0.05) is 157 Å². The number of hydrogen-bond acceptors (Lipinski definition) is 2. The molecule has 0 aliphatic heterocycles. The quantitative estimate of drug-likeness (QED) is 0.161. The van der Waals surface area contributed by atoms with Gasteiger partial charge in [-0.3, -0.25) is 0 Å². The maximum atomic E-state index is 14.1. The lowest BCUT2D eigenvalue weighted by molar-refractivity contribution is -0.137. The zero-order chi connectivity index (χ0) is 41.7. The van der Waals surface area contributed by atoms with Crippen molar-refractivity contribution in [2.24, 2.45) is 0 Å². The van der Waals surface area contributed by atoms with Gasteiger partial charge in [0.25, 0.3) is 0 Å². The summed E-state index contributed by atoms with van der Waals surface area (Å²) in [6.07, 6.45) is -4.49. The molecule has 0 atom stereocenters. The summed E-state index contributed by atoms with van der Waals surface area (Å²) in [4.78, 5) is 10.4. The van der Waals surface area contributed by atoms with Crippen LogP contribution in [0.1, 0.15) is 16.7 Å². The summed E-state index contributed by atoms with van der Waals surface area (Å²) in [5, 5.41) is 2.13. The molecule has 61 heavy (non-hydrogen) atoms. The Hall–Kier alpha value is -7.57. The van der Waals surface area contributed by atoms with Crippen molar-refractivity contribution in [3.63, 3.8) is 0 Å². The van der Waals surface area contributed by atoms with E-state index in [9.17, 15) is 13.2 Å². The molecule has 3 nitrogen and oxygen atoms in total. The van der Waals surface area contributed by atoms with Crippen LogP contribution in [-0.4, -0.2) is 14.5 Å². The highest BCUT2D eigenvalue weighted by Gasteiger charge is 2.30. The molecule has 0 aliphatic rings. The van der Waals surface area contributed by atoms with Crippen molar-refractivity contribution in [3.8, 4) is 73.0 Å². The fourth-order valence-corrected chi connectivity index (χ4v) is 8.32. The van der Waals surface area contributed by atoms with E-state index in [0.717, 1.165) is 101 Å². The van der Waals surface area contributed by atoms with Gasteiger partial charge in [-0.25, -0.2) is 9.97 Å². The molecule has 0 saturated carbocycles. The van der Waals surface area contributed by atoms with Crippen LogP contribution in [-0.2, 0) is 6.18 Å². The Morgan fingerprint density at radius 3 is 1.52 bits per heavy atom. The van der Waals surface area contributed by atoms with Crippen LogP contribution in [0.25, 0.3) is 94.8 Å². The van der Waals surface area contributed by atoms with Crippen LogP contribution in [0.5, 0.6) is 0 Å². The van der Waals surface area contributed by atoms with E-state index in [0.29, 0.717) is 11.4 Å². The first kappa shape index (κ1) is 37.7. The molecule has 10 rings (SSSR count). The fraction of sp³-hybridized carbons (Fsp3) is 0.0545. The van der Waals surface area contributed by atoms with Crippen molar-refractivity contribution in [2.75, 3.05) is 0 Å². The summed E-state index contributed by atoms with van der Waals surface area (Å²) in [6, 6.07) is 63.4. The normalized spacial score (nSPS) is 11.7. The summed E-state index contributed by atoms with van der Waals surface area (Å²) >= 11 is 0. The number of alkyl halides is 3. The monoisotopic (exact) mass is 797 g/mol. The van der Waals surface area contributed by atoms with E-state index >= 15 is 0 Å². The van der Waals surface area contributed by atoms with Crippen molar-refractivity contribution < 1.29 is 13.2 Å². The molecule has 0 fully saturated rings. The second-order valence-electron chi connectivity index (χ2n) is 15.5. The van der Waals surface area contributed by atoms with Gasteiger partial charge in [0.15, 0.2) is 5.82 Å². The summed E-state index contributed by atoms with van der Waals surface area (Å²) in [6.45, 7) is 4.15. The van der Waals surface area contributed by atoms with Crippen LogP contribution in [0.2, 0.25) is 0 Å². The van der Waals surface area contributed by atoms with E-state index in [1.807, 2.05) is 84.9 Å². The SMILES string of the molecule is Cc1ccc(-c2cc(-c3nc(-c4ccccc4)cc(-c4ccccc4)n3)cc(-c3ccc(C(F)(F)F)cc3)c2-n2c3ccccc3c3cc(-c4cccc(C)c4)ccc32)cc1. The molecule has 8 aromatic carbocycles. The van der Waals surface area contributed by atoms with Gasteiger partial charge in [0.05, 0.1) is 33.7 Å². The number of hydrogen-bond donors (Lipinski definition) is 0. The maximum absolute atomic E-state index is 14.1. The number of rotatable bonds is 7. The van der Waals surface area contributed by atoms with Gasteiger partial charge in [0, 0.05) is 38.6 Å². The maximum Gasteiger partial charge on any atom is 0.416 e. The largest absolute Gasteiger partial charge is 0.416 e. The van der Waals surface area contributed by atoms with Crippen LogP contribution in [0.3, 0.4) is 0 Å². The van der Waals surface area contributed by atoms with E-state index in [4.69, 9.17) is 9.97 Å². The Morgan fingerprint density at radius 2 is 0.918 bits per heavy atom. The van der Waals surface area contributed by atoms with Crippen molar-refractivity contribution >= 4 is 21.8 Å². The van der Waals surface area contributed by atoms with Crippen LogP contribution in [0.15, 0.2) is 194 Å². The fourth-order valence-electron chi connectivity index (χ4n) is 8.32. The Kier molecular flexibility index (Phi) is 9.41. The minimum atomic E-state index is -4.49. The van der Waals surface area contributed by atoms with E-state index in [1.54, 1.807) is 12.1 Å². The molecule has 294 valence electrons. The van der Waals surface area contributed by atoms with Crippen molar-refractivity contribution in [1.82, 2.24) is 14.5 Å². The molecule has 6 heteroatoms. The predicted octanol–water partition coefficient (Wildman–Crippen LogP) is 15.2. The molecule has 0 amide bonds. The van der Waals surface area contributed by atoms with Crippen LogP contribution in [0, 0.1) is 13.8 Å². The number of aromatic nitrogens is 3. The number of para-hydroxylation sites is 1. The van der Waals surface area contributed by atoms with Gasteiger partial charge in [-0.05, 0) is 84.6 Å². The number of fused-ring (bicyclic) bond motifs is 3. The first-order chi connectivity index (χ1) is 29.7. The molecule has 0 radical (unpaired) electrons. The number of aryl methyl sites for hydroxylation is 2. The van der Waals surface area contributed by atoms with Gasteiger partial charge < -0.3 is 4.57 Å². The molecule has 0 bridgehead atoms. The second-order valence-corrected chi connectivity index (χ2v) is 15.5. The third-order valence-electron chi connectivity index (χ3n) is 11.4. The molecule has 0 N–H and O–H groups in total. The minimum absolute atomic E-state index is 0.498. The molecule has 2 heterocycles. The van der Waals surface area contributed by atoms with Gasteiger partial charge in [0.2, 0.25) is 0 Å². The number of benzene rings is 8. The van der Waals surface area contributed by atoms with E-state index in [-0.39, 0.29) is 0 Å². The lowest BCUT2D eigenvalue weighted by atomic mass is 9.91. The summed E-state index contributed by atoms with van der Waals surface area (Å²) in [7, 11) is 0. The minimum Gasteiger partial charge on any atom is -0.308 e. The van der Waals surface area contributed by atoms with Gasteiger partial charge >= 0.3 is 6.18 Å². The molecule has 2 aromatic heterocycles. The highest BCUT2D eigenvalue weighted by molar-refractivity contribution is 6.12. The third-order valence-corrected chi connectivity index (χ3v) is 11.4. The molecule has 0 spiro atoms. The smallest absolute Gasteiger partial charge is 0.308 e. The molecule has 10 aromatic rings. The predicted molar refractivity (Wildman–Crippen MR) is 243 cm³/mol. The molecular weight excluding hydrogens is 760 g/mol. The molecule has 0 saturated heterocycles. The number of nitrogens with zero attached hydrogens (tertiary/aromatic N) is 3. The topological polar surface area (TPSA) is 30.7 Å². The van der Waals surface area contributed by atoms with E-state index in [2.05, 4.69) is 103 Å². The average molecular weight is 798 g/mol. The first-order valence-corrected chi connectivity index (χ1v) is 20.2. The van der Waals surface area contributed by atoms with Gasteiger partial charge in [0.1, 0.15) is 0 Å². The van der Waals surface area contributed by atoms with Crippen LogP contribution >= 0.6 is 0 Å². The van der Waals surface area contributed by atoms with Crippen molar-refractivity contribution in [3.05, 3.63) is 211 Å². The highest BCUT2D eigenvalue weighted by atomic mass is 19.4. The summed E-state index contributed by atoms with van der Waals surface area (Å²) < 4.78 is 44.5. The highest BCUT2D eigenvalue weighted by Crippen LogP contribution is 2.45. The van der Waals surface area contributed by atoms with E-state index in [1.165, 1.54) is 5.56 Å². The zero-order valence-electron chi connectivity index (χ0n) is 33.5. The zero-order valence-corrected chi connectivity index (χ0v) is 33.5. The first-order valence-electron chi connectivity index (χ1n) is 20.2. The number of halogens is 3. The van der Waals surface area contributed by atoms with Crippen LogP contribution in [0.4, 0.5) is 13.2 Å².